The number of carbonyl (C=O) groups excluding carboxylic acids is 1. The molecule has 1 fully saturated rings. The van der Waals surface area contributed by atoms with Gasteiger partial charge in [0.05, 0.1) is 12.0 Å². The fourth-order valence-electron chi connectivity index (χ4n) is 2.60. The van der Waals surface area contributed by atoms with E-state index in [1.54, 1.807) is 0 Å². The molecule has 0 N–H and O–H groups in total. The molecule has 1 saturated heterocycles. The smallest absolute Gasteiger partial charge is 0.324 e. The average molecular weight is 436 g/mol. The van der Waals surface area contributed by atoms with Crippen LogP contribution in [-0.4, -0.2) is 38.4 Å². The zero-order valence-electron chi connectivity index (χ0n) is 15.9. The minimum Gasteiger partial charge on any atom is -0.413 e. The molecule has 0 aromatic heterocycles. The fraction of sp³-hybridized carbons (Fsp3) is 0.588. The van der Waals surface area contributed by atoms with Crippen molar-refractivity contribution in [2.24, 2.45) is 5.92 Å². The minimum absolute atomic E-state index is 0.00558. The molecule has 26 heavy (non-hydrogen) atoms. The molecule has 0 aliphatic carbocycles. The zero-order chi connectivity index (χ0) is 19.9. The maximum Gasteiger partial charge on any atom is 0.324 e. The minimum atomic E-state index is -4.13. The summed E-state index contributed by atoms with van der Waals surface area (Å²) in [6.45, 7) is 12.4. The second-order valence-corrected chi connectivity index (χ2v) is 16.3. The number of thioether (sulfide) groups is 1. The highest BCUT2D eigenvalue weighted by molar-refractivity contribution is 8.13. The van der Waals surface area contributed by atoms with Gasteiger partial charge >= 0.3 is 9.24 Å². The molecule has 1 heterocycles. The van der Waals surface area contributed by atoms with E-state index in [9.17, 15) is 13.2 Å². The molecular formula is C17H26ClNO4S2Si. The summed E-state index contributed by atoms with van der Waals surface area (Å²) < 4.78 is 30.8. The van der Waals surface area contributed by atoms with Gasteiger partial charge in [-0.25, -0.2) is 4.31 Å². The number of hydrogen-bond acceptors (Lipinski definition) is 5. The number of halogens is 1. The summed E-state index contributed by atoms with van der Waals surface area (Å²) in [6, 6.07) is 9.37. The van der Waals surface area contributed by atoms with Crippen LogP contribution >= 0.6 is 22.4 Å². The third-order valence-corrected chi connectivity index (χ3v) is 12.4. The molecule has 9 heteroatoms. The largest absolute Gasteiger partial charge is 0.413 e. The van der Waals surface area contributed by atoms with Gasteiger partial charge in [0.25, 0.3) is 0 Å². The highest BCUT2D eigenvalue weighted by Gasteiger charge is 2.57. The van der Waals surface area contributed by atoms with Crippen LogP contribution in [0.3, 0.4) is 0 Å². The highest BCUT2D eigenvalue weighted by atomic mass is 35.7. The zero-order valence-corrected chi connectivity index (χ0v) is 19.3. The molecule has 3 unspecified atom stereocenters. The monoisotopic (exact) mass is 435 g/mol. The van der Waals surface area contributed by atoms with Crippen LogP contribution in [0.5, 0.6) is 0 Å². The van der Waals surface area contributed by atoms with E-state index in [0.717, 1.165) is 9.20 Å². The number of rotatable bonds is 6. The van der Waals surface area contributed by atoms with Crippen LogP contribution < -0.4 is 0 Å². The second-order valence-electron chi connectivity index (χ2n) is 8.01. The molecule has 5 nitrogen and oxygen atoms in total. The van der Waals surface area contributed by atoms with Gasteiger partial charge in [-0.2, -0.15) is 8.42 Å². The topological polar surface area (TPSA) is 63.7 Å². The number of nitrogens with zero attached hydrogens (tertiary/aromatic N) is 1. The molecule has 1 aliphatic heterocycles. The van der Waals surface area contributed by atoms with Crippen LogP contribution in [-0.2, 0) is 18.5 Å². The first-order valence-electron chi connectivity index (χ1n) is 8.43. The molecule has 0 bridgehead atoms. The maximum absolute atomic E-state index is 12.6. The Balaban J connectivity index is 2.26. The lowest BCUT2D eigenvalue weighted by Gasteiger charge is -2.48. The third-order valence-electron chi connectivity index (χ3n) is 5.07. The standard InChI is InChI=1S/C17H26ClNO4S2Si/c1-12(23-26(5,6)17(2,3)4)14-15(20)19(25(18,21)22)16(14)24-13-10-8-7-9-11-13/h7-12,14,16H,1-6H3. The molecule has 1 amide bonds. The van der Waals surface area contributed by atoms with E-state index >= 15 is 0 Å². The van der Waals surface area contributed by atoms with Gasteiger partial charge in [0.2, 0.25) is 5.91 Å². The van der Waals surface area contributed by atoms with Crippen LogP contribution in [0.15, 0.2) is 35.2 Å². The number of carbonyl (C=O) groups is 1. The molecule has 146 valence electrons. The molecule has 2 rings (SSSR count). The van der Waals surface area contributed by atoms with E-state index in [0.29, 0.717) is 0 Å². The first-order valence-corrected chi connectivity index (χ1v) is 14.5. The number of benzene rings is 1. The average Bonchev–Trinajstić information content (AvgIpc) is 2.44. The van der Waals surface area contributed by atoms with Crippen LogP contribution in [0.25, 0.3) is 0 Å². The van der Waals surface area contributed by atoms with Gasteiger partial charge in [-0.15, -0.1) is 0 Å². The lowest BCUT2D eigenvalue weighted by molar-refractivity contribution is -0.146. The van der Waals surface area contributed by atoms with Gasteiger partial charge in [0.15, 0.2) is 8.32 Å². The molecule has 1 aliphatic rings. The van der Waals surface area contributed by atoms with Crippen molar-refractivity contribution in [3.8, 4) is 0 Å². The lowest BCUT2D eigenvalue weighted by Crippen LogP contribution is -2.65. The van der Waals surface area contributed by atoms with Crippen LogP contribution in [0.2, 0.25) is 18.1 Å². The predicted octanol–water partition coefficient (Wildman–Crippen LogP) is 4.46. The lowest BCUT2D eigenvalue weighted by atomic mass is 9.96. The van der Waals surface area contributed by atoms with Gasteiger partial charge in [0.1, 0.15) is 5.37 Å². The molecule has 1 aromatic carbocycles. The van der Waals surface area contributed by atoms with Crippen molar-refractivity contribution in [3.63, 3.8) is 0 Å². The molecule has 1 aromatic rings. The predicted molar refractivity (Wildman–Crippen MR) is 109 cm³/mol. The summed E-state index contributed by atoms with van der Waals surface area (Å²) in [5.41, 5.74) is 0. The van der Waals surface area contributed by atoms with Crippen molar-refractivity contribution in [2.75, 3.05) is 0 Å². The first-order chi connectivity index (χ1) is 11.8. The van der Waals surface area contributed by atoms with Gasteiger partial charge in [0, 0.05) is 15.6 Å². The molecule has 0 saturated carbocycles. The van der Waals surface area contributed by atoms with Crippen molar-refractivity contribution in [2.45, 2.75) is 62.2 Å². The summed E-state index contributed by atoms with van der Waals surface area (Å²) in [5.74, 6) is -1.05. The highest BCUT2D eigenvalue weighted by Crippen LogP contribution is 2.46. The Hall–Kier alpha value is -0.543. The summed E-state index contributed by atoms with van der Waals surface area (Å²) in [7, 11) is -0.728. The van der Waals surface area contributed by atoms with E-state index in [1.807, 2.05) is 37.3 Å². The normalized spacial score (nSPS) is 22.9. The van der Waals surface area contributed by atoms with E-state index in [4.69, 9.17) is 15.1 Å². The molecule has 0 spiro atoms. The fourth-order valence-corrected chi connectivity index (χ4v) is 7.09. The second kappa shape index (κ2) is 7.47. The summed E-state index contributed by atoms with van der Waals surface area (Å²) in [4.78, 5) is 13.4. The Bertz CT molecular complexity index is 765. The van der Waals surface area contributed by atoms with Gasteiger partial charge < -0.3 is 4.43 Å². The van der Waals surface area contributed by atoms with Crippen LogP contribution in [0.1, 0.15) is 27.7 Å². The van der Waals surface area contributed by atoms with E-state index in [-0.39, 0.29) is 11.1 Å². The Kier molecular flexibility index (Phi) is 6.25. The Morgan fingerprint density at radius 1 is 1.23 bits per heavy atom. The SMILES string of the molecule is CC(O[Si](C)(C)C(C)(C)C)C1C(=O)N(S(=O)(=O)Cl)C1Sc1ccccc1. The Labute approximate surface area is 166 Å². The molecule has 3 atom stereocenters. The van der Waals surface area contributed by atoms with E-state index in [2.05, 4.69) is 33.9 Å². The van der Waals surface area contributed by atoms with Crippen molar-refractivity contribution in [1.29, 1.82) is 0 Å². The Morgan fingerprint density at radius 2 is 1.77 bits per heavy atom. The van der Waals surface area contributed by atoms with Crippen molar-refractivity contribution < 1.29 is 17.6 Å². The molecular weight excluding hydrogens is 410 g/mol. The molecule has 0 radical (unpaired) electrons. The van der Waals surface area contributed by atoms with Crippen LogP contribution in [0, 0.1) is 5.92 Å². The number of amides is 1. The van der Waals surface area contributed by atoms with E-state index in [1.165, 1.54) is 11.8 Å². The number of hydrogen-bond donors (Lipinski definition) is 0. The van der Waals surface area contributed by atoms with Gasteiger partial charge in [-0.3, -0.25) is 4.79 Å². The summed E-state index contributed by atoms with van der Waals surface area (Å²) in [6.07, 6.45) is -0.390. The van der Waals surface area contributed by atoms with Crippen molar-refractivity contribution in [3.05, 3.63) is 30.3 Å². The Morgan fingerprint density at radius 3 is 2.23 bits per heavy atom. The van der Waals surface area contributed by atoms with Gasteiger partial charge in [-0.1, -0.05) is 50.7 Å². The quantitative estimate of drug-likeness (QED) is 0.375. The third kappa shape index (κ3) is 4.47. The number of β-lactam (4-membered cyclic amide) rings is 1. The maximum atomic E-state index is 12.6. The van der Waals surface area contributed by atoms with Crippen molar-refractivity contribution in [1.82, 2.24) is 4.31 Å². The van der Waals surface area contributed by atoms with E-state index < -0.39 is 34.8 Å². The van der Waals surface area contributed by atoms with Gasteiger partial charge in [-0.05, 0) is 37.2 Å². The summed E-state index contributed by atoms with van der Waals surface area (Å²) in [5, 5.41) is -0.610. The summed E-state index contributed by atoms with van der Waals surface area (Å²) >= 11 is 1.32. The van der Waals surface area contributed by atoms with Crippen LogP contribution in [0.4, 0.5) is 0 Å². The first kappa shape index (κ1) is 21.8. The van der Waals surface area contributed by atoms with Crippen molar-refractivity contribution >= 4 is 45.9 Å².